The molecule has 2 heterocycles. The number of hydrogen-bond donors (Lipinski definition) is 0. The van der Waals surface area contributed by atoms with Crippen LogP contribution in [0.3, 0.4) is 0 Å². The third-order valence-corrected chi connectivity index (χ3v) is 3.93. The van der Waals surface area contributed by atoms with Crippen LogP contribution in [0.25, 0.3) is 28.1 Å². The molecule has 0 N–H and O–H groups in total. The lowest BCUT2D eigenvalue weighted by Crippen LogP contribution is -2.28. The summed E-state index contributed by atoms with van der Waals surface area (Å²) in [5.74, 6) is 0.987. The van der Waals surface area contributed by atoms with Gasteiger partial charge in [0, 0.05) is 36.9 Å². The van der Waals surface area contributed by atoms with Gasteiger partial charge >= 0.3 is 0 Å². The van der Waals surface area contributed by atoms with Crippen LogP contribution in [-0.2, 0) is 7.05 Å². The van der Waals surface area contributed by atoms with Gasteiger partial charge in [-0.3, -0.25) is 0 Å². The predicted octanol–water partition coefficient (Wildman–Crippen LogP) is 3.52. The number of imidazole rings is 1. The number of nitrogens with zero attached hydrogens (tertiary/aromatic N) is 3. The van der Waals surface area contributed by atoms with Crippen molar-refractivity contribution in [1.82, 2.24) is 9.55 Å². The number of fused-ring (bicyclic) bond motifs is 1. The van der Waals surface area contributed by atoms with Crippen LogP contribution in [0.15, 0.2) is 79.1 Å². The molecule has 2 aromatic heterocycles. The highest BCUT2D eigenvalue weighted by molar-refractivity contribution is 5.80. The molecule has 0 bridgehead atoms. The average molecular weight is 286 g/mol. The molecule has 0 saturated heterocycles. The Morgan fingerprint density at radius 2 is 1.50 bits per heavy atom. The third kappa shape index (κ3) is 2.07. The van der Waals surface area contributed by atoms with Crippen molar-refractivity contribution in [2.45, 2.75) is 0 Å². The van der Waals surface area contributed by atoms with E-state index in [4.69, 9.17) is 4.98 Å². The molecule has 0 unspecified atom stereocenters. The van der Waals surface area contributed by atoms with Crippen LogP contribution in [-0.4, -0.2) is 9.55 Å². The molecule has 0 atom stereocenters. The first-order valence-corrected chi connectivity index (χ1v) is 7.31. The Labute approximate surface area is 129 Å². The number of aryl methyl sites for hydroxylation is 1. The van der Waals surface area contributed by atoms with E-state index in [1.165, 1.54) is 0 Å². The quantitative estimate of drug-likeness (QED) is 0.517. The van der Waals surface area contributed by atoms with Crippen LogP contribution < -0.4 is 4.57 Å². The Kier molecular flexibility index (Phi) is 2.97. The van der Waals surface area contributed by atoms with Crippen LogP contribution in [0, 0.1) is 0 Å². The lowest BCUT2D eigenvalue weighted by atomic mass is 10.2. The maximum atomic E-state index is 4.74. The first-order chi connectivity index (χ1) is 10.8. The molecular weight excluding hydrogens is 270 g/mol. The summed E-state index contributed by atoms with van der Waals surface area (Å²) < 4.78 is 4.24. The Morgan fingerprint density at radius 3 is 2.23 bits per heavy atom. The highest BCUT2D eigenvalue weighted by Crippen LogP contribution is 2.22. The van der Waals surface area contributed by atoms with Gasteiger partial charge in [0.15, 0.2) is 12.4 Å². The molecule has 4 aromatic rings. The van der Waals surface area contributed by atoms with Gasteiger partial charge in [-0.15, -0.1) is 0 Å². The summed E-state index contributed by atoms with van der Waals surface area (Å²) in [4.78, 5) is 4.74. The fraction of sp³-hybridized carbons (Fsp3) is 0.0526. The van der Waals surface area contributed by atoms with Gasteiger partial charge in [0.05, 0.1) is 11.0 Å². The van der Waals surface area contributed by atoms with Gasteiger partial charge in [0.25, 0.3) is 0 Å². The number of aromatic nitrogens is 3. The first-order valence-electron chi connectivity index (χ1n) is 7.31. The lowest BCUT2D eigenvalue weighted by Gasteiger charge is -2.02. The summed E-state index contributed by atoms with van der Waals surface area (Å²) in [6, 6.07) is 22.7. The molecule has 0 radical (unpaired) electrons. The fourth-order valence-corrected chi connectivity index (χ4v) is 2.75. The number of para-hydroxylation sites is 3. The molecule has 3 heteroatoms. The van der Waals surface area contributed by atoms with E-state index in [0.29, 0.717) is 0 Å². The molecule has 0 amide bonds. The van der Waals surface area contributed by atoms with Gasteiger partial charge in [-0.25, -0.2) is 4.98 Å². The minimum absolute atomic E-state index is 0.987. The standard InChI is InChI=1S/C19H16N3/c1-21-18-10-6-5-9-17(18)20-19(21)15-11-13-22(14-12-15)16-7-3-2-4-8-16/h2-14H,1H3/q+1. The fourth-order valence-electron chi connectivity index (χ4n) is 2.75. The molecule has 106 valence electrons. The van der Waals surface area contributed by atoms with Gasteiger partial charge in [0.1, 0.15) is 5.82 Å². The summed E-state index contributed by atoms with van der Waals surface area (Å²) in [5, 5.41) is 0. The van der Waals surface area contributed by atoms with E-state index in [0.717, 1.165) is 28.1 Å². The number of benzene rings is 2. The van der Waals surface area contributed by atoms with Crippen molar-refractivity contribution in [3.05, 3.63) is 79.1 Å². The van der Waals surface area contributed by atoms with Crippen molar-refractivity contribution < 1.29 is 4.57 Å². The Morgan fingerprint density at radius 1 is 0.818 bits per heavy atom. The number of pyridine rings is 1. The number of hydrogen-bond acceptors (Lipinski definition) is 1. The van der Waals surface area contributed by atoms with Gasteiger partial charge < -0.3 is 4.57 Å². The van der Waals surface area contributed by atoms with E-state index >= 15 is 0 Å². The van der Waals surface area contributed by atoms with Gasteiger partial charge in [-0.05, 0) is 12.1 Å². The second-order valence-electron chi connectivity index (χ2n) is 5.31. The summed E-state index contributed by atoms with van der Waals surface area (Å²) in [6.07, 6.45) is 4.15. The Balaban J connectivity index is 1.78. The molecule has 4 rings (SSSR count). The maximum absolute atomic E-state index is 4.74. The zero-order valence-corrected chi connectivity index (χ0v) is 12.3. The minimum Gasteiger partial charge on any atom is -0.327 e. The Hall–Kier alpha value is -2.94. The molecular formula is C19H16N3+. The van der Waals surface area contributed by atoms with Crippen LogP contribution in [0.2, 0.25) is 0 Å². The first kappa shape index (κ1) is 12.8. The van der Waals surface area contributed by atoms with Crippen molar-refractivity contribution in [2.75, 3.05) is 0 Å². The van der Waals surface area contributed by atoms with Crippen molar-refractivity contribution in [1.29, 1.82) is 0 Å². The molecule has 22 heavy (non-hydrogen) atoms. The predicted molar refractivity (Wildman–Crippen MR) is 87.7 cm³/mol. The van der Waals surface area contributed by atoms with Gasteiger partial charge in [-0.1, -0.05) is 30.3 Å². The van der Waals surface area contributed by atoms with Crippen molar-refractivity contribution in [2.24, 2.45) is 7.05 Å². The molecule has 0 saturated carbocycles. The maximum Gasteiger partial charge on any atom is 0.210 e. The van der Waals surface area contributed by atoms with Crippen molar-refractivity contribution in [3.8, 4) is 17.1 Å². The van der Waals surface area contributed by atoms with E-state index < -0.39 is 0 Å². The lowest BCUT2D eigenvalue weighted by molar-refractivity contribution is -0.595. The Bertz CT molecular complexity index is 922. The minimum atomic E-state index is 0.987. The molecule has 0 aliphatic rings. The van der Waals surface area contributed by atoms with E-state index in [9.17, 15) is 0 Å². The highest BCUT2D eigenvalue weighted by atomic mass is 15.1. The van der Waals surface area contributed by atoms with Gasteiger partial charge in [-0.2, -0.15) is 4.57 Å². The normalized spacial score (nSPS) is 11.0. The summed E-state index contributed by atoms with van der Waals surface area (Å²) in [5.41, 5.74) is 4.45. The average Bonchev–Trinajstić information content (AvgIpc) is 2.93. The smallest absolute Gasteiger partial charge is 0.210 e. The SMILES string of the molecule is Cn1c(-c2cc[n+](-c3ccccc3)cc2)nc2ccccc21. The van der Waals surface area contributed by atoms with E-state index in [2.05, 4.69) is 58.9 Å². The largest absolute Gasteiger partial charge is 0.327 e. The summed E-state index contributed by atoms with van der Waals surface area (Å²) in [7, 11) is 2.06. The third-order valence-electron chi connectivity index (χ3n) is 3.93. The molecule has 0 spiro atoms. The molecule has 0 aliphatic heterocycles. The summed E-state index contributed by atoms with van der Waals surface area (Å²) >= 11 is 0. The van der Waals surface area contributed by atoms with E-state index in [1.807, 2.05) is 36.4 Å². The van der Waals surface area contributed by atoms with Crippen LogP contribution >= 0.6 is 0 Å². The monoisotopic (exact) mass is 286 g/mol. The highest BCUT2D eigenvalue weighted by Gasteiger charge is 2.11. The molecule has 3 nitrogen and oxygen atoms in total. The van der Waals surface area contributed by atoms with E-state index in [-0.39, 0.29) is 0 Å². The topological polar surface area (TPSA) is 21.7 Å². The van der Waals surface area contributed by atoms with Crippen molar-refractivity contribution >= 4 is 11.0 Å². The van der Waals surface area contributed by atoms with E-state index in [1.54, 1.807) is 0 Å². The van der Waals surface area contributed by atoms with Crippen molar-refractivity contribution in [3.63, 3.8) is 0 Å². The zero-order chi connectivity index (χ0) is 14.9. The van der Waals surface area contributed by atoms with Crippen LogP contribution in [0.4, 0.5) is 0 Å². The van der Waals surface area contributed by atoms with Crippen LogP contribution in [0.1, 0.15) is 0 Å². The second-order valence-corrected chi connectivity index (χ2v) is 5.31. The van der Waals surface area contributed by atoms with Gasteiger partial charge in [0.2, 0.25) is 5.69 Å². The molecule has 0 fully saturated rings. The number of rotatable bonds is 2. The second kappa shape index (κ2) is 5.11. The van der Waals surface area contributed by atoms with Crippen LogP contribution in [0.5, 0.6) is 0 Å². The molecule has 2 aromatic carbocycles. The summed E-state index contributed by atoms with van der Waals surface area (Å²) in [6.45, 7) is 0. The molecule has 0 aliphatic carbocycles. The zero-order valence-electron chi connectivity index (χ0n) is 12.3.